The highest BCUT2D eigenvalue weighted by molar-refractivity contribution is 7.20. The second-order valence-electron chi connectivity index (χ2n) is 6.42. The van der Waals surface area contributed by atoms with Gasteiger partial charge in [0.05, 0.1) is 11.9 Å². The van der Waals surface area contributed by atoms with Crippen molar-refractivity contribution in [3.8, 4) is 11.3 Å². The number of carbonyl (C=O) groups is 1. The van der Waals surface area contributed by atoms with E-state index in [-0.39, 0.29) is 11.9 Å². The number of aromatic nitrogens is 5. The summed E-state index contributed by atoms with van der Waals surface area (Å²) < 4.78 is 7.01. The minimum absolute atomic E-state index is 0.108. The van der Waals surface area contributed by atoms with Gasteiger partial charge in [0.1, 0.15) is 6.04 Å². The van der Waals surface area contributed by atoms with Crippen LogP contribution >= 0.6 is 22.9 Å². The zero-order chi connectivity index (χ0) is 19.3. The Hall–Kier alpha value is -2.98. The minimum atomic E-state index is -0.706. The monoisotopic (exact) mass is 415 g/mol. The van der Waals surface area contributed by atoms with Crippen LogP contribution in [0.4, 0.5) is 5.13 Å². The highest BCUT2D eigenvalue weighted by atomic mass is 35.5. The van der Waals surface area contributed by atoms with Crippen molar-refractivity contribution in [3.63, 3.8) is 0 Å². The minimum Gasteiger partial charge on any atom is -0.363 e. The van der Waals surface area contributed by atoms with Gasteiger partial charge in [-0.15, -0.1) is 5.10 Å². The van der Waals surface area contributed by atoms with Gasteiger partial charge in [-0.3, -0.25) is 4.79 Å². The van der Waals surface area contributed by atoms with Gasteiger partial charge in [0, 0.05) is 17.1 Å². The maximum atomic E-state index is 11.2. The Labute approximate surface area is 167 Å². The first-order valence-electron chi connectivity index (χ1n) is 8.61. The molecular weight excluding hydrogens is 402 g/mol. The third-order valence-electron chi connectivity index (χ3n) is 4.62. The molecule has 1 aliphatic rings. The normalized spacial score (nSPS) is 16.9. The van der Waals surface area contributed by atoms with Crippen LogP contribution < -0.4 is 10.6 Å². The molecule has 0 radical (unpaired) electrons. The van der Waals surface area contributed by atoms with Crippen molar-refractivity contribution in [2.45, 2.75) is 18.9 Å². The van der Waals surface area contributed by atoms with E-state index < -0.39 is 5.91 Å². The summed E-state index contributed by atoms with van der Waals surface area (Å²) in [6, 6.07) is 7.40. The van der Waals surface area contributed by atoms with Gasteiger partial charge in [-0.1, -0.05) is 40.2 Å². The predicted octanol–water partition coefficient (Wildman–Crippen LogP) is 2.93. The van der Waals surface area contributed by atoms with Crippen LogP contribution in [0.5, 0.6) is 0 Å². The maximum absolute atomic E-state index is 11.2. The number of hydrogen-bond donors (Lipinski definition) is 1. The van der Waals surface area contributed by atoms with Crippen molar-refractivity contribution >= 4 is 38.9 Å². The van der Waals surface area contributed by atoms with Gasteiger partial charge < -0.3 is 15.2 Å². The van der Waals surface area contributed by atoms with E-state index in [9.17, 15) is 4.79 Å². The Morgan fingerprint density at radius 2 is 2.11 bits per heavy atom. The van der Waals surface area contributed by atoms with E-state index in [1.165, 1.54) is 11.3 Å². The Bertz CT molecular complexity index is 1130. The fraction of sp³-hybridized carbons (Fsp3) is 0.235. The lowest BCUT2D eigenvalue weighted by Gasteiger charge is -2.19. The first kappa shape index (κ1) is 17.1. The number of nitrogens with zero attached hydrogens (tertiary/aromatic N) is 6. The maximum Gasteiger partial charge on any atom is 0.290 e. The molecule has 0 saturated carbocycles. The quantitative estimate of drug-likeness (QED) is 0.544. The van der Waals surface area contributed by atoms with Crippen molar-refractivity contribution in [2.24, 2.45) is 5.73 Å². The number of primary amides is 1. The van der Waals surface area contributed by atoms with Gasteiger partial charge in [0.2, 0.25) is 16.0 Å². The molecule has 1 amide bonds. The van der Waals surface area contributed by atoms with Crippen LogP contribution in [0.15, 0.2) is 35.0 Å². The molecule has 9 nitrogen and oxygen atoms in total. The first-order chi connectivity index (χ1) is 13.6. The van der Waals surface area contributed by atoms with Crippen LogP contribution in [-0.4, -0.2) is 37.2 Å². The number of nitrogens with two attached hydrogens (primary N) is 1. The molecule has 11 heteroatoms. The molecule has 142 valence electrons. The van der Waals surface area contributed by atoms with Gasteiger partial charge in [-0.25, -0.2) is 9.50 Å². The summed E-state index contributed by atoms with van der Waals surface area (Å²) in [5, 5.41) is 9.81. The molecular formula is C17H14ClN7O2S. The number of fused-ring (bicyclic) bond motifs is 1. The number of hydrogen-bond acceptors (Lipinski definition) is 8. The summed E-state index contributed by atoms with van der Waals surface area (Å²) in [6.45, 7) is 0.805. The van der Waals surface area contributed by atoms with Gasteiger partial charge in [0.25, 0.3) is 11.7 Å². The lowest BCUT2D eigenvalue weighted by Crippen LogP contribution is -2.23. The summed E-state index contributed by atoms with van der Waals surface area (Å²) in [7, 11) is 0. The van der Waals surface area contributed by atoms with Gasteiger partial charge in [0.15, 0.2) is 0 Å². The highest BCUT2D eigenvalue weighted by Crippen LogP contribution is 2.37. The number of halogens is 1. The molecule has 1 fully saturated rings. The third-order valence-corrected chi connectivity index (χ3v) is 5.83. The van der Waals surface area contributed by atoms with Gasteiger partial charge >= 0.3 is 0 Å². The molecule has 1 unspecified atom stereocenters. The molecule has 1 aliphatic heterocycles. The van der Waals surface area contributed by atoms with Crippen molar-refractivity contribution in [2.75, 3.05) is 11.4 Å². The lowest BCUT2D eigenvalue weighted by molar-refractivity contribution is 0.0987. The molecule has 4 heterocycles. The van der Waals surface area contributed by atoms with E-state index in [1.807, 2.05) is 30.5 Å². The zero-order valence-electron chi connectivity index (χ0n) is 14.4. The molecule has 1 aromatic carbocycles. The molecule has 1 saturated heterocycles. The molecule has 1 atom stereocenters. The SMILES string of the molecule is NC(=O)c1noc(C2CCCN2c2nn3cc(-c4ccc(Cl)cc4)nc3s2)n1. The Kier molecular flexibility index (Phi) is 4.02. The first-order valence-corrected chi connectivity index (χ1v) is 9.80. The summed E-state index contributed by atoms with van der Waals surface area (Å²) >= 11 is 7.43. The summed E-state index contributed by atoms with van der Waals surface area (Å²) in [5.41, 5.74) is 7.03. The predicted molar refractivity (Wildman–Crippen MR) is 103 cm³/mol. The molecule has 4 aromatic rings. The van der Waals surface area contributed by atoms with Crippen LogP contribution in [-0.2, 0) is 0 Å². The average Bonchev–Trinajstić information content (AvgIpc) is 3.43. The van der Waals surface area contributed by atoms with E-state index in [1.54, 1.807) is 4.52 Å². The zero-order valence-corrected chi connectivity index (χ0v) is 16.0. The molecule has 0 bridgehead atoms. The van der Waals surface area contributed by atoms with Crippen LogP contribution in [0.25, 0.3) is 16.2 Å². The summed E-state index contributed by atoms with van der Waals surface area (Å²) in [4.78, 5) is 22.9. The summed E-state index contributed by atoms with van der Waals surface area (Å²) in [6.07, 6.45) is 3.68. The molecule has 3 aromatic heterocycles. The number of imidazole rings is 1. The second kappa shape index (κ2) is 6.57. The fourth-order valence-electron chi connectivity index (χ4n) is 3.29. The molecule has 0 aliphatic carbocycles. The smallest absolute Gasteiger partial charge is 0.290 e. The largest absolute Gasteiger partial charge is 0.363 e. The van der Waals surface area contributed by atoms with E-state index in [0.717, 1.165) is 40.7 Å². The Morgan fingerprint density at radius 1 is 1.29 bits per heavy atom. The topological polar surface area (TPSA) is 115 Å². The Balaban J connectivity index is 1.44. The van der Waals surface area contributed by atoms with Crippen molar-refractivity contribution in [3.05, 3.63) is 47.2 Å². The number of carbonyl (C=O) groups excluding carboxylic acids is 1. The van der Waals surface area contributed by atoms with Crippen molar-refractivity contribution in [1.82, 2.24) is 24.7 Å². The second-order valence-corrected chi connectivity index (χ2v) is 7.79. The summed E-state index contributed by atoms with van der Waals surface area (Å²) in [5.74, 6) is -0.439. The molecule has 0 spiro atoms. The molecule has 5 rings (SSSR count). The van der Waals surface area contributed by atoms with E-state index in [0.29, 0.717) is 10.9 Å². The van der Waals surface area contributed by atoms with E-state index >= 15 is 0 Å². The highest BCUT2D eigenvalue weighted by Gasteiger charge is 2.33. The fourth-order valence-corrected chi connectivity index (χ4v) is 4.37. The Morgan fingerprint density at radius 3 is 2.82 bits per heavy atom. The average molecular weight is 416 g/mol. The van der Waals surface area contributed by atoms with Crippen molar-refractivity contribution < 1.29 is 9.32 Å². The van der Waals surface area contributed by atoms with E-state index in [4.69, 9.17) is 21.9 Å². The number of anilines is 1. The van der Waals surface area contributed by atoms with Crippen LogP contribution in [0.3, 0.4) is 0 Å². The van der Waals surface area contributed by atoms with Crippen LogP contribution in [0, 0.1) is 0 Å². The standard InChI is InChI=1S/C17H14ClN7O2S/c18-10-5-3-9(4-6-10)11-8-25-16(20-11)28-17(22-25)24-7-1-2-12(24)15-21-14(13(19)26)23-27-15/h3-6,8,12H,1-2,7H2,(H2,19,26). The van der Waals surface area contributed by atoms with Gasteiger partial charge in [-0.05, 0) is 25.0 Å². The molecule has 28 heavy (non-hydrogen) atoms. The molecule has 2 N–H and O–H groups in total. The number of benzene rings is 1. The van der Waals surface area contributed by atoms with Crippen LogP contribution in [0.1, 0.15) is 35.4 Å². The van der Waals surface area contributed by atoms with E-state index in [2.05, 4.69) is 25.1 Å². The number of amides is 1. The van der Waals surface area contributed by atoms with Gasteiger partial charge in [-0.2, -0.15) is 4.98 Å². The third kappa shape index (κ3) is 2.90. The van der Waals surface area contributed by atoms with Crippen LogP contribution in [0.2, 0.25) is 5.02 Å². The number of rotatable bonds is 4. The lowest BCUT2D eigenvalue weighted by atomic mass is 10.2. The van der Waals surface area contributed by atoms with Crippen molar-refractivity contribution in [1.29, 1.82) is 0 Å².